The SMILES string of the molecule is CC(C)(C)OC(=O)N[C@@H](CC[C@H](CN)O[C@@H]1O[C@H](CO)[C@H](O)[C@H](O)[C@H]1O)C(=O)NCCCCCC(=O)ON1C(=O)CCC1=O. The Morgan fingerprint density at radius 1 is 1.02 bits per heavy atom. The van der Waals surface area contributed by atoms with E-state index in [1.54, 1.807) is 20.8 Å². The summed E-state index contributed by atoms with van der Waals surface area (Å²) in [6.07, 6.45) is -7.55. The zero-order valence-electron chi connectivity index (χ0n) is 25.3. The van der Waals surface area contributed by atoms with Crippen molar-refractivity contribution < 1.29 is 63.4 Å². The van der Waals surface area contributed by atoms with Gasteiger partial charge in [-0.3, -0.25) is 14.4 Å². The first-order valence-electron chi connectivity index (χ1n) is 14.7. The number of hydrogen-bond donors (Lipinski definition) is 7. The zero-order valence-corrected chi connectivity index (χ0v) is 25.3. The smallest absolute Gasteiger partial charge is 0.408 e. The van der Waals surface area contributed by atoms with Crippen LogP contribution < -0.4 is 16.4 Å². The minimum absolute atomic E-state index is 0.00768. The lowest BCUT2D eigenvalue weighted by Crippen LogP contribution is -2.60. The minimum atomic E-state index is -1.64. The van der Waals surface area contributed by atoms with Crippen molar-refractivity contribution in [3.05, 3.63) is 0 Å². The molecule has 0 aromatic rings. The highest BCUT2D eigenvalue weighted by atomic mass is 16.7. The normalized spacial score (nSPS) is 25.4. The quantitative estimate of drug-likeness (QED) is 0.0722. The predicted molar refractivity (Wildman–Crippen MR) is 149 cm³/mol. The molecule has 0 bridgehead atoms. The lowest BCUT2D eigenvalue weighted by Gasteiger charge is -2.40. The Labute approximate surface area is 255 Å². The third-order valence-electron chi connectivity index (χ3n) is 6.78. The van der Waals surface area contributed by atoms with Gasteiger partial charge in [-0.2, -0.15) is 0 Å². The molecule has 0 aromatic carbocycles. The molecule has 2 rings (SSSR count). The maximum Gasteiger partial charge on any atom is 0.408 e. The molecule has 17 nitrogen and oxygen atoms in total. The van der Waals surface area contributed by atoms with E-state index in [9.17, 15) is 44.4 Å². The molecule has 252 valence electrons. The van der Waals surface area contributed by atoms with Crippen LogP contribution in [0.2, 0.25) is 0 Å². The number of nitrogens with one attached hydrogen (secondary N) is 2. The minimum Gasteiger partial charge on any atom is -0.444 e. The Morgan fingerprint density at radius 2 is 1.68 bits per heavy atom. The summed E-state index contributed by atoms with van der Waals surface area (Å²) < 4.78 is 16.3. The van der Waals surface area contributed by atoms with E-state index in [0.717, 1.165) is 0 Å². The molecule has 0 aliphatic carbocycles. The van der Waals surface area contributed by atoms with Crippen molar-refractivity contribution in [2.75, 3.05) is 19.7 Å². The maximum atomic E-state index is 13.0. The number of nitrogens with zero attached hydrogens (tertiary/aromatic N) is 1. The number of ether oxygens (including phenoxy) is 3. The molecule has 0 saturated carbocycles. The molecule has 0 aromatic heterocycles. The first-order chi connectivity index (χ1) is 20.7. The van der Waals surface area contributed by atoms with Gasteiger partial charge in [-0.05, 0) is 46.5 Å². The molecule has 2 fully saturated rings. The highest BCUT2D eigenvalue weighted by molar-refractivity contribution is 6.01. The topological polar surface area (TPSA) is 257 Å². The first-order valence-corrected chi connectivity index (χ1v) is 14.7. The van der Waals surface area contributed by atoms with Gasteiger partial charge in [-0.25, -0.2) is 9.59 Å². The summed E-state index contributed by atoms with van der Waals surface area (Å²) in [6, 6.07) is -1.07. The van der Waals surface area contributed by atoms with E-state index >= 15 is 0 Å². The summed E-state index contributed by atoms with van der Waals surface area (Å²) >= 11 is 0. The van der Waals surface area contributed by atoms with Crippen LogP contribution in [0.4, 0.5) is 4.79 Å². The number of imide groups is 1. The van der Waals surface area contributed by atoms with Crippen molar-refractivity contribution in [3.63, 3.8) is 0 Å². The van der Waals surface area contributed by atoms with Crippen molar-refractivity contribution >= 4 is 29.8 Å². The second-order valence-corrected chi connectivity index (χ2v) is 11.6. The fourth-order valence-corrected chi connectivity index (χ4v) is 4.39. The van der Waals surface area contributed by atoms with Crippen LogP contribution in [0, 0.1) is 0 Å². The average molecular weight is 635 g/mol. The number of carbonyl (C=O) groups is 5. The molecule has 0 unspecified atom stereocenters. The Bertz CT molecular complexity index is 973. The molecule has 7 atom stereocenters. The summed E-state index contributed by atoms with van der Waals surface area (Å²) in [5.41, 5.74) is 4.99. The fraction of sp³-hybridized carbons (Fsp3) is 0.815. The molecule has 44 heavy (non-hydrogen) atoms. The van der Waals surface area contributed by atoms with Crippen molar-refractivity contribution in [2.45, 2.75) is 121 Å². The molecule has 0 spiro atoms. The summed E-state index contributed by atoms with van der Waals surface area (Å²) in [5, 5.41) is 45.4. The predicted octanol–water partition coefficient (Wildman–Crippen LogP) is -1.91. The highest BCUT2D eigenvalue weighted by Crippen LogP contribution is 2.24. The van der Waals surface area contributed by atoms with Crippen LogP contribution in [0.3, 0.4) is 0 Å². The first kappa shape index (κ1) is 37.3. The number of alkyl carbamates (subject to hydrolysis) is 1. The van der Waals surface area contributed by atoms with Crippen LogP contribution in [-0.4, -0.2) is 123 Å². The van der Waals surface area contributed by atoms with Crippen molar-refractivity contribution in [1.29, 1.82) is 0 Å². The third-order valence-corrected chi connectivity index (χ3v) is 6.78. The van der Waals surface area contributed by atoms with Gasteiger partial charge in [0.1, 0.15) is 36.1 Å². The van der Waals surface area contributed by atoms with E-state index in [-0.39, 0.29) is 45.2 Å². The maximum absolute atomic E-state index is 13.0. The monoisotopic (exact) mass is 634 g/mol. The summed E-state index contributed by atoms with van der Waals surface area (Å²) in [4.78, 5) is 65.2. The van der Waals surface area contributed by atoms with Gasteiger partial charge >= 0.3 is 12.1 Å². The lowest BCUT2D eigenvalue weighted by atomic mass is 9.99. The molecule has 0 radical (unpaired) electrons. The third kappa shape index (κ3) is 11.9. The van der Waals surface area contributed by atoms with Gasteiger partial charge in [-0.15, -0.1) is 5.06 Å². The van der Waals surface area contributed by atoms with Crippen molar-refractivity contribution in [1.82, 2.24) is 15.7 Å². The summed E-state index contributed by atoms with van der Waals surface area (Å²) in [6.45, 7) is 4.49. The number of unbranched alkanes of at least 4 members (excludes halogenated alkanes) is 2. The van der Waals surface area contributed by atoms with Gasteiger partial charge in [-0.1, -0.05) is 6.42 Å². The molecule has 2 aliphatic rings. The van der Waals surface area contributed by atoms with E-state index in [0.29, 0.717) is 24.3 Å². The van der Waals surface area contributed by atoms with Gasteiger partial charge in [0.05, 0.1) is 12.7 Å². The molecule has 4 amide bonds. The number of carbonyl (C=O) groups excluding carboxylic acids is 5. The van der Waals surface area contributed by atoms with Gasteiger partial charge in [0, 0.05) is 32.4 Å². The Hall–Kier alpha value is -2.93. The standard InChI is InChI=1S/C27H46N4O13/c1-27(2,3)43-26(40)30-16(9-8-15(13-28)41-25-23(38)22(37)21(36)17(14-32)42-25)24(39)29-12-6-4-5-7-20(35)44-31-18(33)10-11-19(31)34/h15-17,21-23,25,32,36-38H,4-14,28H2,1-3H3,(H,29,39)(H,30,40)/t15-,16+,17-,21+,22+,23-,25-/m1/s1. The number of aliphatic hydroxyl groups excluding tert-OH is 4. The van der Waals surface area contributed by atoms with Crippen molar-refractivity contribution in [3.8, 4) is 0 Å². The average Bonchev–Trinajstić information content (AvgIpc) is 3.27. The number of amides is 4. The number of hydroxylamine groups is 2. The second-order valence-electron chi connectivity index (χ2n) is 11.6. The van der Waals surface area contributed by atoms with Crippen LogP contribution in [-0.2, 0) is 38.2 Å². The summed E-state index contributed by atoms with van der Waals surface area (Å²) in [7, 11) is 0. The molecule has 17 heteroatoms. The van der Waals surface area contributed by atoms with Crippen LogP contribution in [0.25, 0.3) is 0 Å². The molecular formula is C27H46N4O13. The van der Waals surface area contributed by atoms with E-state index in [1.165, 1.54) is 0 Å². The van der Waals surface area contributed by atoms with Gasteiger partial charge in [0.25, 0.3) is 11.8 Å². The number of rotatable bonds is 16. The van der Waals surface area contributed by atoms with E-state index in [2.05, 4.69) is 10.6 Å². The molecule has 2 aliphatic heterocycles. The second kappa shape index (κ2) is 17.5. The van der Waals surface area contributed by atoms with Crippen LogP contribution in [0.1, 0.15) is 72.1 Å². The molecule has 8 N–H and O–H groups in total. The molecular weight excluding hydrogens is 588 g/mol. The van der Waals surface area contributed by atoms with Gasteiger partial charge in [0.15, 0.2) is 6.29 Å². The lowest BCUT2D eigenvalue weighted by molar-refractivity contribution is -0.310. The van der Waals surface area contributed by atoms with Crippen molar-refractivity contribution in [2.24, 2.45) is 5.73 Å². The molecule has 2 heterocycles. The van der Waals surface area contributed by atoms with Crippen LogP contribution in [0.5, 0.6) is 0 Å². The number of hydrogen-bond acceptors (Lipinski definition) is 14. The Morgan fingerprint density at radius 3 is 2.27 bits per heavy atom. The largest absolute Gasteiger partial charge is 0.444 e. The van der Waals surface area contributed by atoms with E-state index in [1.807, 2.05) is 0 Å². The summed E-state index contributed by atoms with van der Waals surface area (Å²) in [5.74, 6) is -2.35. The number of aliphatic hydroxyl groups is 4. The van der Waals surface area contributed by atoms with Gasteiger partial charge in [0.2, 0.25) is 5.91 Å². The Balaban J connectivity index is 1.86. The Kier molecular flexibility index (Phi) is 14.8. The number of nitrogens with two attached hydrogens (primary N) is 1. The van der Waals surface area contributed by atoms with Crippen LogP contribution in [0.15, 0.2) is 0 Å². The highest BCUT2D eigenvalue weighted by Gasteiger charge is 2.44. The van der Waals surface area contributed by atoms with Crippen LogP contribution >= 0.6 is 0 Å². The molecule has 2 saturated heterocycles. The van der Waals surface area contributed by atoms with Gasteiger partial charge < -0.3 is 55.8 Å². The van der Waals surface area contributed by atoms with E-state index in [4.69, 9.17) is 24.8 Å². The zero-order chi connectivity index (χ0) is 33.0. The van der Waals surface area contributed by atoms with E-state index < -0.39 is 84.8 Å². The fourth-order valence-electron chi connectivity index (χ4n) is 4.39.